The second kappa shape index (κ2) is 4.37. The summed E-state index contributed by atoms with van der Waals surface area (Å²) in [6.45, 7) is 1.97. The van der Waals surface area contributed by atoms with Crippen molar-refractivity contribution < 1.29 is 4.39 Å². The van der Waals surface area contributed by atoms with Gasteiger partial charge in [0.1, 0.15) is 5.82 Å². The highest BCUT2D eigenvalue weighted by Gasteiger charge is 2.14. The lowest BCUT2D eigenvalue weighted by atomic mass is 10.1. The van der Waals surface area contributed by atoms with E-state index in [4.69, 9.17) is 0 Å². The molecule has 2 aromatic heterocycles. The third-order valence-electron chi connectivity index (χ3n) is 2.70. The van der Waals surface area contributed by atoms with Gasteiger partial charge in [-0.05, 0) is 37.4 Å². The van der Waals surface area contributed by atoms with Crippen molar-refractivity contribution in [3.05, 3.63) is 35.8 Å². The Morgan fingerprint density at radius 1 is 1.28 bits per heavy atom. The molecular weight excluding hydrogens is 269 g/mol. The van der Waals surface area contributed by atoms with Gasteiger partial charge < -0.3 is 0 Å². The number of imidazole rings is 1. The molecule has 6 heteroatoms. The van der Waals surface area contributed by atoms with E-state index in [9.17, 15) is 4.39 Å². The molecule has 0 saturated carbocycles. The van der Waals surface area contributed by atoms with Gasteiger partial charge in [0.2, 0.25) is 4.96 Å². The number of hydrogen-bond acceptors (Lipinski definition) is 4. The average Bonchev–Trinajstić information content (AvgIpc) is 2.90. The maximum Gasteiger partial charge on any atom is 0.213 e. The van der Waals surface area contributed by atoms with Crippen molar-refractivity contribution in [2.75, 3.05) is 6.26 Å². The largest absolute Gasteiger partial charge is 0.217 e. The molecule has 3 aromatic rings. The first kappa shape index (κ1) is 11.7. The topological polar surface area (TPSA) is 30.2 Å². The van der Waals surface area contributed by atoms with Crippen molar-refractivity contribution in [3.63, 3.8) is 0 Å². The van der Waals surface area contributed by atoms with Crippen molar-refractivity contribution in [3.8, 4) is 11.3 Å². The van der Waals surface area contributed by atoms with Crippen LogP contribution in [0.4, 0.5) is 4.39 Å². The van der Waals surface area contributed by atoms with Crippen LogP contribution in [-0.4, -0.2) is 20.9 Å². The Morgan fingerprint density at radius 3 is 2.61 bits per heavy atom. The molecule has 0 amide bonds. The molecule has 0 aliphatic carbocycles. The Labute approximate surface area is 112 Å². The van der Waals surface area contributed by atoms with Crippen molar-refractivity contribution in [2.24, 2.45) is 0 Å². The summed E-state index contributed by atoms with van der Waals surface area (Å²) < 4.78 is 15.7. The molecule has 18 heavy (non-hydrogen) atoms. The first-order chi connectivity index (χ1) is 8.69. The minimum absolute atomic E-state index is 0.236. The standard InChI is InChI=1S/C12H10FN3S2/c1-7-10(8-3-5-9(13)6-4-8)14-11-16(7)15-12(17-2)18-11/h3-6H,1-2H3. The van der Waals surface area contributed by atoms with Crippen molar-refractivity contribution in [1.82, 2.24) is 14.6 Å². The second-order valence-corrected chi connectivity index (χ2v) is 5.83. The van der Waals surface area contributed by atoms with E-state index in [1.165, 1.54) is 12.1 Å². The highest BCUT2D eigenvalue weighted by Crippen LogP contribution is 2.29. The van der Waals surface area contributed by atoms with Crippen LogP contribution in [0.25, 0.3) is 16.2 Å². The van der Waals surface area contributed by atoms with Gasteiger partial charge in [-0.25, -0.2) is 13.9 Å². The Balaban J connectivity index is 2.15. The Hall–Kier alpha value is -1.40. The van der Waals surface area contributed by atoms with E-state index in [1.807, 2.05) is 17.7 Å². The van der Waals surface area contributed by atoms with E-state index >= 15 is 0 Å². The van der Waals surface area contributed by atoms with Crippen molar-refractivity contribution in [2.45, 2.75) is 11.3 Å². The van der Waals surface area contributed by atoms with Crippen LogP contribution in [0.15, 0.2) is 28.6 Å². The van der Waals surface area contributed by atoms with Crippen LogP contribution in [-0.2, 0) is 0 Å². The fourth-order valence-electron chi connectivity index (χ4n) is 1.80. The molecule has 0 aliphatic heterocycles. The maximum atomic E-state index is 12.9. The van der Waals surface area contributed by atoms with Gasteiger partial charge in [-0.1, -0.05) is 23.1 Å². The summed E-state index contributed by atoms with van der Waals surface area (Å²) in [5.41, 5.74) is 2.76. The smallest absolute Gasteiger partial charge is 0.213 e. The number of rotatable bonds is 2. The third-order valence-corrected chi connectivity index (χ3v) is 4.59. The number of halogens is 1. The zero-order chi connectivity index (χ0) is 12.7. The Bertz CT molecular complexity index is 700. The molecule has 2 heterocycles. The van der Waals surface area contributed by atoms with Crippen LogP contribution in [0.3, 0.4) is 0 Å². The predicted octanol–water partition coefficient (Wildman–Crippen LogP) is 3.63. The van der Waals surface area contributed by atoms with Gasteiger partial charge in [-0.2, -0.15) is 0 Å². The summed E-state index contributed by atoms with van der Waals surface area (Å²) in [6, 6.07) is 6.38. The normalized spacial score (nSPS) is 11.3. The van der Waals surface area contributed by atoms with E-state index in [0.29, 0.717) is 0 Å². The molecular formula is C12H10FN3S2. The molecule has 0 radical (unpaired) electrons. The van der Waals surface area contributed by atoms with Crippen molar-refractivity contribution >= 4 is 28.1 Å². The summed E-state index contributed by atoms with van der Waals surface area (Å²) in [5, 5.41) is 4.46. The van der Waals surface area contributed by atoms with Gasteiger partial charge in [-0.3, -0.25) is 0 Å². The van der Waals surface area contributed by atoms with Crippen LogP contribution >= 0.6 is 23.1 Å². The zero-order valence-electron chi connectivity index (χ0n) is 9.85. The molecule has 0 saturated heterocycles. The van der Waals surface area contributed by atoms with Crippen LogP contribution in [0.1, 0.15) is 5.69 Å². The van der Waals surface area contributed by atoms with E-state index in [2.05, 4.69) is 10.1 Å². The quantitative estimate of drug-likeness (QED) is 0.671. The lowest BCUT2D eigenvalue weighted by Gasteiger charge is -1.98. The van der Waals surface area contributed by atoms with E-state index in [1.54, 1.807) is 35.2 Å². The molecule has 0 spiro atoms. The van der Waals surface area contributed by atoms with Crippen LogP contribution in [0.2, 0.25) is 0 Å². The molecule has 3 nitrogen and oxygen atoms in total. The van der Waals surface area contributed by atoms with Gasteiger partial charge in [0, 0.05) is 5.56 Å². The summed E-state index contributed by atoms with van der Waals surface area (Å²) in [5.74, 6) is -0.236. The van der Waals surface area contributed by atoms with Gasteiger partial charge in [0.15, 0.2) is 4.34 Å². The molecule has 0 atom stereocenters. The predicted molar refractivity (Wildman–Crippen MR) is 72.8 cm³/mol. The Kier molecular flexibility index (Phi) is 2.83. The first-order valence-electron chi connectivity index (χ1n) is 5.35. The van der Waals surface area contributed by atoms with Crippen LogP contribution < -0.4 is 0 Å². The second-order valence-electron chi connectivity index (χ2n) is 3.82. The highest BCUT2D eigenvalue weighted by molar-refractivity contribution is 8.00. The number of fused-ring (bicyclic) bond motifs is 1. The number of aromatic nitrogens is 3. The number of benzene rings is 1. The average molecular weight is 279 g/mol. The monoisotopic (exact) mass is 279 g/mol. The Morgan fingerprint density at radius 2 is 2.00 bits per heavy atom. The zero-order valence-corrected chi connectivity index (χ0v) is 11.5. The molecule has 0 aliphatic rings. The SMILES string of the molecule is CSc1nn2c(C)c(-c3ccc(F)cc3)nc2s1. The molecule has 0 bridgehead atoms. The third kappa shape index (κ3) is 1.81. The minimum Gasteiger partial charge on any atom is -0.217 e. The van der Waals surface area contributed by atoms with E-state index in [0.717, 1.165) is 26.3 Å². The summed E-state index contributed by atoms with van der Waals surface area (Å²) >= 11 is 3.17. The first-order valence-corrected chi connectivity index (χ1v) is 7.39. The number of hydrogen-bond donors (Lipinski definition) is 0. The number of aryl methyl sites for hydroxylation is 1. The van der Waals surface area contributed by atoms with Crippen LogP contribution in [0.5, 0.6) is 0 Å². The number of thioether (sulfide) groups is 1. The fraction of sp³-hybridized carbons (Fsp3) is 0.167. The van der Waals surface area contributed by atoms with Crippen LogP contribution in [0, 0.1) is 12.7 Å². The highest BCUT2D eigenvalue weighted by atomic mass is 32.2. The van der Waals surface area contributed by atoms with E-state index in [-0.39, 0.29) is 5.82 Å². The molecule has 0 unspecified atom stereocenters. The molecule has 3 rings (SSSR count). The lowest BCUT2D eigenvalue weighted by molar-refractivity contribution is 0.628. The molecule has 1 aromatic carbocycles. The van der Waals surface area contributed by atoms with E-state index < -0.39 is 0 Å². The molecule has 92 valence electrons. The molecule has 0 fully saturated rings. The van der Waals surface area contributed by atoms with Gasteiger partial charge in [0.25, 0.3) is 0 Å². The maximum absolute atomic E-state index is 12.9. The number of nitrogens with zero attached hydrogens (tertiary/aromatic N) is 3. The van der Waals surface area contributed by atoms with Gasteiger partial charge in [-0.15, -0.1) is 5.10 Å². The van der Waals surface area contributed by atoms with Gasteiger partial charge >= 0.3 is 0 Å². The fourth-order valence-corrected chi connectivity index (χ4v) is 3.20. The minimum atomic E-state index is -0.236. The van der Waals surface area contributed by atoms with Crippen molar-refractivity contribution in [1.29, 1.82) is 0 Å². The lowest BCUT2D eigenvalue weighted by Crippen LogP contribution is -1.89. The molecule has 0 N–H and O–H groups in total. The summed E-state index contributed by atoms with van der Waals surface area (Å²) in [4.78, 5) is 5.44. The summed E-state index contributed by atoms with van der Waals surface area (Å²) in [7, 11) is 0. The summed E-state index contributed by atoms with van der Waals surface area (Å²) in [6.07, 6.45) is 1.99. The van der Waals surface area contributed by atoms with Gasteiger partial charge in [0.05, 0.1) is 11.4 Å².